The Hall–Kier alpha value is -0.180. The number of rotatable bonds is 5. The van der Waals surface area contributed by atoms with E-state index in [0.29, 0.717) is 5.25 Å². The monoisotopic (exact) mass is 242 g/mol. The fraction of sp³-hybridized carbons (Fsp3) is 0.923. The Bertz CT molecular complexity index is 244. The molecule has 1 heterocycles. The fourth-order valence-electron chi connectivity index (χ4n) is 1.90. The quantitative estimate of drug-likeness (QED) is 0.795. The van der Waals surface area contributed by atoms with Gasteiger partial charge in [0.05, 0.1) is 6.54 Å². The Kier molecular flexibility index (Phi) is 5.16. The average Bonchev–Trinajstić information content (AvgIpc) is 2.68. The van der Waals surface area contributed by atoms with Crippen LogP contribution in [0.15, 0.2) is 4.99 Å². The summed E-state index contributed by atoms with van der Waals surface area (Å²) >= 11 is 1.95. The van der Waals surface area contributed by atoms with Crippen molar-refractivity contribution in [3.63, 3.8) is 0 Å². The van der Waals surface area contributed by atoms with E-state index in [9.17, 15) is 0 Å². The lowest BCUT2D eigenvalue weighted by Gasteiger charge is -2.26. The van der Waals surface area contributed by atoms with E-state index >= 15 is 0 Å². The van der Waals surface area contributed by atoms with Gasteiger partial charge in [0, 0.05) is 10.8 Å². The van der Waals surface area contributed by atoms with Crippen LogP contribution in [0.3, 0.4) is 0 Å². The van der Waals surface area contributed by atoms with Crippen LogP contribution in [0, 0.1) is 5.92 Å². The molecule has 3 heteroatoms. The Balaban J connectivity index is 2.45. The minimum atomic E-state index is 0.175. The van der Waals surface area contributed by atoms with E-state index in [1.807, 2.05) is 11.8 Å². The molecule has 94 valence electrons. The fourth-order valence-corrected chi connectivity index (χ4v) is 3.39. The molecule has 1 unspecified atom stereocenters. The molecule has 0 saturated heterocycles. The van der Waals surface area contributed by atoms with Gasteiger partial charge in [-0.1, -0.05) is 45.4 Å². The maximum absolute atomic E-state index is 4.64. The van der Waals surface area contributed by atoms with Crippen molar-refractivity contribution in [2.24, 2.45) is 10.9 Å². The lowest BCUT2D eigenvalue weighted by atomic mass is 9.99. The van der Waals surface area contributed by atoms with Crippen LogP contribution in [-0.4, -0.2) is 22.5 Å². The van der Waals surface area contributed by atoms with E-state index < -0.39 is 0 Å². The first kappa shape index (κ1) is 13.9. The lowest BCUT2D eigenvalue weighted by Crippen LogP contribution is -2.41. The average molecular weight is 242 g/mol. The standard InChI is InChI=1S/C13H26N2S/c1-6-10(7-2)11-9-14-12(16-11)15-13(4,5)8-3/h10-11H,6-9H2,1-5H3,(H,14,15). The Labute approximate surface area is 105 Å². The van der Waals surface area contributed by atoms with Crippen LogP contribution in [0.2, 0.25) is 0 Å². The van der Waals surface area contributed by atoms with E-state index in [4.69, 9.17) is 0 Å². The maximum atomic E-state index is 4.64. The van der Waals surface area contributed by atoms with Gasteiger partial charge in [-0.15, -0.1) is 0 Å². The second-order valence-electron chi connectivity index (χ2n) is 5.24. The highest BCUT2D eigenvalue weighted by molar-refractivity contribution is 8.14. The van der Waals surface area contributed by atoms with E-state index in [1.165, 1.54) is 12.8 Å². The highest BCUT2D eigenvalue weighted by Crippen LogP contribution is 2.31. The van der Waals surface area contributed by atoms with E-state index in [1.54, 1.807) is 0 Å². The Morgan fingerprint density at radius 3 is 2.50 bits per heavy atom. The normalized spacial score (nSPS) is 21.4. The summed E-state index contributed by atoms with van der Waals surface area (Å²) in [5.74, 6) is 0.817. The molecule has 0 fully saturated rings. The summed E-state index contributed by atoms with van der Waals surface area (Å²) in [5.41, 5.74) is 0.175. The predicted octanol–water partition coefficient (Wildman–Crippen LogP) is 3.67. The summed E-state index contributed by atoms with van der Waals surface area (Å²) in [5, 5.41) is 5.41. The highest BCUT2D eigenvalue weighted by atomic mass is 32.2. The second kappa shape index (κ2) is 5.95. The van der Waals surface area contributed by atoms with Crippen molar-refractivity contribution in [2.75, 3.05) is 6.54 Å². The van der Waals surface area contributed by atoms with Crippen LogP contribution in [0.5, 0.6) is 0 Å². The number of aliphatic imine (C=N–C) groups is 1. The molecule has 0 aromatic rings. The van der Waals surface area contributed by atoms with Crippen LogP contribution in [0.1, 0.15) is 53.9 Å². The van der Waals surface area contributed by atoms with Crippen LogP contribution in [-0.2, 0) is 0 Å². The van der Waals surface area contributed by atoms with Crippen molar-refractivity contribution in [2.45, 2.75) is 64.7 Å². The minimum absolute atomic E-state index is 0.175. The maximum Gasteiger partial charge on any atom is 0.157 e. The van der Waals surface area contributed by atoms with Crippen LogP contribution in [0.25, 0.3) is 0 Å². The molecule has 0 amide bonds. The topological polar surface area (TPSA) is 24.4 Å². The first-order valence-electron chi connectivity index (χ1n) is 6.51. The van der Waals surface area contributed by atoms with E-state index in [-0.39, 0.29) is 5.54 Å². The van der Waals surface area contributed by atoms with Crippen LogP contribution in [0.4, 0.5) is 0 Å². The second-order valence-corrected chi connectivity index (χ2v) is 6.47. The molecular weight excluding hydrogens is 216 g/mol. The molecule has 1 rings (SSSR count). The van der Waals surface area contributed by atoms with Crippen molar-refractivity contribution >= 4 is 16.9 Å². The van der Waals surface area contributed by atoms with Gasteiger partial charge in [-0.3, -0.25) is 4.99 Å². The summed E-state index contributed by atoms with van der Waals surface area (Å²) in [6.07, 6.45) is 3.67. The van der Waals surface area contributed by atoms with Crippen molar-refractivity contribution < 1.29 is 0 Å². The molecular formula is C13H26N2S. The van der Waals surface area contributed by atoms with Gasteiger partial charge in [-0.2, -0.15) is 0 Å². The summed E-state index contributed by atoms with van der Waals surface area (Å²) in [4.78, 5) is 4.64. The lowest BCUT2D eigenvalue weighted by molar-refractivity contribution is 0.448. The van der Waals surface area contributed by atoms with Gasteiger partial charge < -0.3 is 5.32 Å². The molecule has 0 bridgehead atoms. The van der Waals surface area contributed by atoms with Gasteiger partial charge in [0.25, 0.3) is 0 Å². The summed E-state index contributed by atoms with van der Waals surface area (Å²) in [6, 6.07) is 0. The zero-order valence-electron chi connectivity index (χ0n) is 11.3. The molecule has 0 radical (unpaired) electrons. The molecule has 1 N–H and O–H groups in total. The van der Waals surface area contributed by atoms with Crippen LogP contribution < -0.4 is 5.32 Å². The number of nitrogens with one attached hydrogen (secondary N) is 1. The molecule has 1 aliphatic rings. The Morgan fingerprint density at radius 2 is 2.00 bits per heavy atom. The molecule has 0 aromatic carbocycles. The first-order valence-corrected chi connectivity index (χ1v) is 7.39. The third kappa shape index (κ3) is 3.69. The molecule has 1 atom stereocenters. The third-order valence-electron chi connectivity index (χ3n) is 3.58. The zero-order chi connectivity index (χ0) is 12.2. The molecule has 2 nitrogen and oxygen atoms in total. The minimum Gasteiger partial charge on any atom is -0.360 e. The number of thioether (sulfide) groups is 1. The van der Waals surface area contributed by atoms with Gasteiger partial charge in [-0.05, 0) is 26.2 Å². The molecule has 0 saturated carbocycles. The highest BCUT2D eigenvalue weighted by Gasteiger charge is 2.28. The van der Waals surface area contributed by atoms with E-state index in [0.717, 1.165) is 24.1 Å². The van der Waals surface area contributed by atoms with Gasteiger partial charge >= 0.3 is 0 Å². The summed E-state index contributed by atoms with van der Waals surface area (Å²) in [7, 11) is 0. The van der Waals surface area contributed by atoms with Crippen molar-refractivity contribution in [3.05, 3.63) is 0 Å². The van der Waals surface area contributed by atoms with Gasteiger partial charge in [0.1, 0.15) is 0 Å². The van der Waals surface area contributed by atoms with Gasteiger partial charge in [0.2, 0.25) is 0 Å². The SMILES string of the molecule is CCC(CC)C1CN=C(NC(C)(C)CC)S1. The van der Waals surface area contributed by atoms with Gasteiger partial charge in [0.15, 0.2) is 5.17 Å². The number of nitrogens with zero attached hydrogens (tertiary/aromatic N) is 1. The summed E-state index contributed by atoms with van der Waals surface area (Å²) in [6.45, 7) is 12.3. The first-order chi connectivity index (χ1) is 7.52. The molecule has 0 aliphatic carbocycles. The molecule has 1 aliphatic heterocycles. The molecule has 0 spiro atoms. The smallest absolute Gasteiger partial charge is 0.157 e. The molecule has 0 aromatic heterocycles. The molecule has 16 heavy (non-hydrogen) atoms. The van der Waals surface area contributed by atoms with Crippen molar-refractivity contribution in [1.82, 2.24) is 5.32 Å². The largest absolute Gasteiger partial charge is 0.360 e. The zero-order valence-corrected chi connectivity index (χ0v) is 12.2. The Morgan fingerprint density at radius 1 is 1.38 bits per heavy atom. The number of hydrogen-bond donors (Lipinski definition) is 1. The van der Waals surface area contributed by atoms with E-state index in [2.05, 4.69) is 44.9 Å². The van der Waals surface area contributed by atoms with Crippen LogP contribution >= 0.6 is 11.8 Å². The van der Waals surface area contributed by atoms with Crippen molar-refractivity contribution in [1.29, 1.82) is 0 Å². The summed E-state index contributed by atoms with van der Waals surface area (Å²) < 4.78 is 0. The van der Waals surface area contributed by atoms with Gasteiger partial charge in [-0.25, -0.2) is 0 Å². The van der Waals surface area contributed by atoms with Crippen molar-refractivity contribution in [3.8, 4) is 0 Å². The number of hydrogen-bond acceptors (Lipinski definition) is 3. The number of amidine groups is 1. The third-order valence-corrected chi connectivity index (χ3v) is 4.87. The predicted molar refractivity (Wildman–Crippen MR) is 75.3 cm³/mol.